The summed E-state index contributed by atoms with van der Waals surface area (Å²) >= 11 is 3.43. The van der Waals surface area contributed by atoms with Crippen LogP contribution >= 0.6 is 15.9 Å². The van der Waals surface area contributed by atoms with Crippen LogP contribution in [0.4, 0.5) is 0 Å². The predicted molar refractivity (Wildman–Crippen MR) is 63.7 cm³/mol. The van der Waals surface area contributed by atoms with Crippen molar-refractivity contribution < 1.29 is 9.53 Å². The third kappa shape index (κ3) is 1.99. The molecule has 0 aliphatic rings. The van der Waals surface area contributed by atoms with Crippen molar-refractivity contribution >= 4 is 22.2 Å². The third-order valence-corrected chi connectivity index (χ3v) is 2.81. The van der Waals surface area contributed by atoms with E-state index in [9.17, 15) is 4.79 Å². The molecule has 0 radical (unpaired) electrons. The fraction of sp³-hybridized carbons (Fsp3) is 0.0909. The van der Waals surface area contributed by atoms with Gasteiger partial charge in [-0.1, -0.05) is 0 Å². The fourth-order valence-electron chi connectivity index (χ4n) is 1.35. The van der Waals surface area contributed by atoms with E-state index in [0.29, 0.717) is 11.5 Å². The summed E-state index contributed by atoms with van der Waals surface area (Å²) in [6.45, 7) is 0. The molecule has 0 spiro atoms. The van der Waals surface area contributed by atoms with Gasteiger partial charge in [0.05, 0.1) is 19.0 Å². The van der Waals surface area contributed by atoms with Crippen LogP contribution in [0.25, 0.3) is 11.4 Å². The molecule has 1 heterocycles. The van der Waals surface area contributed by atoms with E-state index in [-0.39, 0.29) is 0 Å². The lowest BCUT2D eigenvalue weighted by molar-refractivity contribution is 0.111. The molecule has 0 aliphatic heterocycles. The van der Waals surface area contributed by atoms with Gasteiger partial charge in [-0.15, -0.1) is 0 Å². The second-order valence-corrected chi connectivity index (χ2v) is 4.01. The molecule has 0 fully saturated rings. The molecule has 1 N–H and O–H groups in total. The van der Waals surface area contributed by atoms with Crippen molar-refractivity contribution in [2.75, 3.05) is 7.11 Å². The average molecular weight is 281 g/mol. The number of ether oxygens (including phenoxy) is 1. The molecular weight excluding hydrogens is 272 g/mol. The molecule has 2 rings (SSSR count). The van der Waals surface area contributed by atoms with Gasteiger partial charge in [0.25, 0.3) is 0 Å². The van der Waals surface area contributed by atoms with Gasteiger partial charge in [0.1, 0.15) is 11.6 Å². The molecule has 0 atom stereocenters. The minimum absolute atomic E-state index is 0.456. The van der Waals surface area contributed by atoms with Crippen LogP contribution in [0.5, 0.6) is 5.75 Å². The summed E-state index contributed by atoms with van der Waals surface area (Å²) in [6, 6.07) is 5.55. The summed E-state index contributed by atoms with van der Waals surface area (Å²) in [5.41, 5.74) is 1.34. The molecule has 0 unspecified atom stereocenters. The number of aromatic nitrogens is 2. The quantitative estimate of drug-likeness (QED) is 0.880. The highest BCUT2D eigenvalue weighted by atomic mass is 79.9. The van der Waals surface area contributed by atoms with Crippen LogP contribution in [0, 0.1) is 0 Å². The Morgan fingerprint density at radius 3 is 2.88 bits per heavy atom. The van der Waals surface area contributed by atoms with Gasteiger partial charge in [-0.05, 0) is 34.1 Å². The van der Waals surface area contributed by atoms with Crippen LogP contribution in [0.15, 0.2) is 28.9 Å². The zero-order valence-corrected chi connectivity index (χ0v) is 10.1. The topological polar surface area (TPSA) is 55.0 Å². The van der Waals surface area contributed by atoms with E-state index >= 15 is 0 Å². The standard InChI is InChI=1S/C11H9BrN2O2/c1-16-8-2-3-9(10(12)4-8)11-13-5-7(6-15)14-11/h2-6H,1H3,(H,13,14). The van der Waals surface area contributed by atoms with E-state index < -0.39 is 0 Å². The lowest BCUT2D eigenvalue weighted by Gasteiger charge is -2.04. The predicted octanol–water partition coefficient (Wildman–Crippen LogP) is 2.66. The Morgan fingerprint density at radius 2 is 2.31 bits per heavy atom. The van der Waals surface area contributed by atoms with Crippen molar-refractivity contribution in [2.45, 2.75) is 0 Å². The Bertz CT molecular complexity index is 522. The number of aldehydes is 1. The van der Waals surface area contributed by atoms with Gasteiger partial charge in [-0.2, -0.15) is 0 Å². The van der Waals surface area contributed by atoms with Crippen LogP contribution in [-0.2, 0) is 0 Å². The maximum Gasteiger partial charge on any atom is 0.167 e. The highest BCUT2D eigenvalue weighted by Crippen LogP contribution is 2.29. The van der Waals surface area contributed by atoms with Crippen LogP contribution < -0.4 is 4.74 Å². The van der Waals surface area contributed by atoms with Crippen LogP contribution in [0.1, 0.15) is 10.5 Å². The van der Waals surface area contributed by atoms with Gasteiger partial charge in [0.15, 0.2) is 6.29 Å². The van der Waals surface area contributed by atoms with E-state index in [1.165, 1.54) is 6.20 Å². The molecule has 1 aromatic heterocycles. The number of nitrogens with zero attached hydrogens (tertiary/aromatic N) is 1. The summed E-state index contributed by atoms with van der Waals surface area (Å²) in [5.74, 6) is 1.41. The molecule has 2 aromatic rings. The second kappa shape index (κ2) is 4.49. The van der Waals surface area contributed by atoms with Crippen molar-refractivity contribution in [3.05, 3.63) is 34.6 Å². The number of imidazole rings is 1. The van der Waals surface area contributed by atoms with E-state index in [0.717, 1.165) is 22.1 Å². The van der Waals surface area contributed by atoms with Crippen molar-refractivity contribution in [3.63, 3.8) is 0 Å². The minimum atomic E-state index is 0.456. The van der Waals surface area contributed by atoms with Crippen molar-refractivity contribution in [1.82, 2.24) is 9.97 Å². The third-order valence-electron chi connectivity index (χ3n) is 2.15. The number of hydrogen-bond donors (Lipinski definition) is 1. The molecule has 16 heavy (non-hydrogen) atoms. The number of carbonyl (C=O) groups is 1. The van der Waals surface area contributed by atoms with Gasteiger partial charge >= 0.3 is 0 Å². The first-order valence-corrected chi connectivity index (χ1v) is 5.38. The van der Waals surface area contributed by atoms with Gasteiger partial charge < -0.3 is 9.72 Å². The molecule has 82 valence electrons. The molecule has 0 aliphatic carbocycles. The summed E-state index contributed by atoms with van der Waals surface area (Å²) in [7, 11) is 1.61. The Kier molecular flexibility index (Phi) is 3.05. The number of benzene rings is 1. The van der Waals surface area contributed by atoms with Gasteiger partial charge in [0, 0.05) is 10.0 Å². The fourth-order valence-corrected chi connectivity index (χ4v) is 1.89. The number of H-pyrrole nitrogens is 1. The van der Waals surface area contributed by atoms with Crippen LogP contribution in [0.3, 0.4) is 0 Å². The van der Waals surface area contributed by atoms with Gasteiger partial charge in [-0.3, -0.25) is 4.79 Å². The number of rotatable bonds is 3. The van der Waals surface area contributed by atoms with E-state index in [2.05, 4.69) is 25.9 Å². The summed E-state index contributed by atoms with van der Waals surface area (Å²) < 4.78 is 5.96. The van der Waals surface area contributed by atoms with E-state index in [1.807, 2.05) is 18.2 Å². The summed E-state index contributed by atoms with van der Waals surface area (Å²) in [5, 5.41) is 0. The Morgan fingerprint density at radius 1 is 1.50 bits per heavy atom. The highest BCUT2D eigenvalue weighted by molar-refractivity contribution is 9.10. The van der Waals surface area contributed by atoms with E-state index in [1.54, 1.807) is 7.11 Å². The molecular formula is C11H9BrN2O2. The Labute approximate surface area is 101 Å². The SMILES string of the molecule is COc1ccc(-c2ncc(C=O)[nH]2)c(Br)c1. The monoisotopic (exact) mass is 280 g/mol. The number of hydrogen-bond acceptors (Lipinski definition) is 3. The molecule has 0 bridgehead atoms. The lowest BCUT2D eigenvalue weighted by Crippen LogP contribution is -1.86. The number of methoxy groups -OCH3 is 1. The normalized spacial score (nSPS) is 10.1. The smallest absolute Gasteiger partial charge is 0.167 e. The second-order valence-electron chi connectivity index (χ2n) is 3.15. The van der Waals surface area contributed by atoms with Crippen molar-refractivity contribution in [2.24, 2.45) is 0 Å². The molecule has 5 heteroatoms. The summed E-state index contributed by atoms with van der Waals surface area (Å²) in [4.78, 5) is 17.6. The zero-order valence-electron chi connectivity index (χ0n) is 8.53. The number of carbonyl (C=O) groups excluding carboxylic acids is 1. The van der Waals surface area contributed by atoms with Gasteiger partial charge in [-0.25, -0.2) is 4.98 Å². The van der Waals surface area contributed by atoms with E-state index in [4.69, 9.17) is 4.74 Å². The Balaban J connectivity index is 2.43. The largest absolute Gasteiger partial charge is 0.497 e. The molecule has 0 saturated heterocycles. The number of nitrogens with one attached hydrogen (secondary N) is 1. The summed E-state index contributed by atoms with van der Waals surface area (Å²) in [6.07, 6.45) is 2.23. The lowest BCUT2D eigenvalue weighted by atomic mass is 10.2. The average Bonchev–Trinajstić information content (AvgIpc) is 2.77. The van der Waals surface area contributed by atoms with Crippen LogP contribution in [-0.4, -0.2) is 23.4 Å². The molecule has 0 saturated carbocycles. The zero-order chi connectivity index (χ0) is 11.5. The maximum atomic E-state index is 10.5. The molecule has 0 amide bonds. The first kappa shape index (κ1) is 10.9. The van der Waals surface area contributed by atoms with Crippen LogP contribution in [0.2, 0.25) is 0 Å². The number of aromatic amines is 1. The minimum Gasteiger partial charge on any atom is -0.497 e. The maximum absolute atomic E-state index is 10.5. The number of halogens is 1. The highest BCUT2D eigenvalue weighted by Gasteiger charge is 2.08. The van der Waals surface area contributed by atoms with Crippen molar-refractivity contribution in [3.8, 4) is 17.1 Å². The van der Waals surface area contributed by atoms with Crippen molar-refractivity contribution in [1.29, 1.82) is 0 Å². The first-order chi connectivity index (χ1) is 7.74. The van der Waals surface area contributed by atoms with Gasteiger partial charge in [0.2, 0.25) is 0 Å². The Hall–Kier alpha value is -1.62. The molecule has 4 nitrogen and oxygen atoms in total. The first-order valence-electron chi connectivity index (χ1n) is 4.58. The molecule has 1 aromatic carbocycles.